The minimum atomic E-state index is 0.213. The number of benzene rings is 1. The molecule has 3 rings (SSSR count). The van der Waals surface area contributed by atoms with Crippen LogP contribution in [-0.2, 0) is 4.79 Å². The van der Waals surface area contributed by atoms with Crippen molar-refractivity contribution in [3.63, 3.8) is 0 Å². The summed E-state index contributed by atoms with van der Waals surface area (Å²) in [6.45, 7) is 8.30. The van der Waals surface area contributed by atoms with E-state index in [1.54, 1.807) is 7.11 Å². The van der Waals surface area contributed by atoms with Crippen molar-refractivity contribution in [3.8, 4) is 5.75 Å². The van der Waals surface area contributed by atoms with Gasteiger partial charge in [0, 0.05) is 36.8 Å². The summed E-state index contributed by atoms with van der Waals surface area (Å²) >= 11 is 0. The molecule has 0 saturated carbocycles. The molecule has 2 aliphatic heterocycles. The van der Waals surface area contributed by atoms with Gasteiger partial charge in [-0.05, 0) is 76.9 Å². The van der Waals surface area contributed by atoms with Crippen LogP contribution in [0.5, 0.6) is 5.75 Å². The van der Waals surface area contributed by atoms with Gasteiger partial charge in [-0.2, -0.15) is 0 Å². The van der Waals surface area contributed by atoms with Gasteiger partial charge in [-0.3, -0.25) is 4.79 Å². The number of rotatable bonds is 5. The number of piperidine rings is 2. The van der Waals surface area contributed by atoms with Crippen LogP contribution >= 0.6 is 0 Å². The van der Waals surface area contributed by atoms with Crippen LogP contribution in [0.2, 0.25) is 0 Å². The summed E-state index contributed by atoms with van der Waals surface area (Å²) in [5.74, 6) is 1.45. The average Bonchev–Trinajstić information content (AvgIpc) is 2.68. The summed E-state index contributed by atoms with van der Waals surface area (Å²) in [5, 5.41) is 3.58. The van der Waals surface area contributed by atoms with Crippen molar-refractivity contribution in [2.45, 2.75) is 51.6 Å². The normalized spacial score (nSPS) is 22.5. The molecule has 1 aromatic carbocycles. The molecule has 1 amide bonds. The van der Waals surface area contributed by atoms with Crippen molar-refractivity contribution in [2.24, 2.45) is 5.92 Å². The van der Waals surface area contributed by atoms with Crippen LogP contribution in [0.3, 0.4) is 0 Å². The third-order valence-electron chi connectivity index (χ3n) is 5.80. The lowest BCUT2D eigenvalue weighted by atomic mass is 9.93. The molecule has 0 bridgehead atoms. The third kappa shape index (κ3) is 4.70. The fourth-order valence-corrected chi connectivity index (χ4v) is 4.14. The Bertz CT molecular complexity index is 579. The molecule has 2 saturated heterocycles. The second-order valence-electron chi connectivity index (χ2n) is 7.90. The van der Waals surface area contributed by atoms with Gasteiger partial charge < -0.3 is 19.9 Å². The van der Waals surface area contributed by atoms with Gasteiger partial charge in [-0.15, -0.1) is 0 Å². The summed E-state index contributed by atoms with van der Waals surface area (Å²) < 4.78 is 5.21. The zero-order chi connectivity index (χ0) is 18.5. The van der Waals surface area contributed by atoms with Crippen molar-refractivity contribution in [2.75, 3.05) is 38.6 Å². The standard InChI is InChI=1S/C21H33N3O2/c1-16(2)23-13-10-17(11-14-23)21(25)24-12-4-5-19(15-24)22-18-6-8-20(26-3)9-7-18/h6-9,16-17,19,22H,4-5,10-15H2,1-3H3. The van der Waals surface area contributed by atoms with Crippen LogP contribution in [-0.4, -0.2) is 61.1 Å². The van der Waals surface area contributed by atoms with E-state index in [9.17, 15) is 4.79 Å². The summed E-state index contributed by atoms with van der Waals surface area (Å²) in [5.41, 5.74) is 1.09. The van der Waals surface area contributed by atoms with Crippen molar-refractivity contribution in [1.29, 1.82) is 0 Å². The predicted octanol–water partition coefficient (Wildman–Crippen LogP) is 3.22. The van der Waals surface area contributed by atoms with Gasteiger partial charge in [0.15, 0.2) is 0 Å². The number of nitrogens with zero attached hydrogens (tertiary/aromatic N) is 2. The first-order chi connectivity index (χ1) is 12.6. The molecule has 2 heterocycles. The average molecular weight is 360 g/mol. The number of carbonyl (C=O) groups is 1. The van der Waals surface area contributed by atoms with Crippen LogP contribution in [0.25, 0.3) is 0 Å². The van der Waals surface area contributed by atoms with E-state index in [0.717, 1.165) is 63.3 Å². The number of ether oxygens (including phenoxy) is 1. The molecule has 26 heavy (non-hydrogen) atoms. The number of methoxy groups -OCH3 is 1. The summed E-state index contributed by atoms with van der Waals surface area (Å²) in [6, 6.07) is 8.94. The predicted molar refractivity (Wildman–Crippen MR) is 106 cm³/mol. The number of hydrogen-bond donors (Lipinski definition) is 1. The number of anilines is 1. The Morgan fingerprint density at radius 1 is 1.12 bits per heavy atom. The lowest BCUT2D eigenvalue weighted by molar-refractivity contribution is -0.138. The van der Waals surface area contributed by atoms with E-state index in [-0.39, 0.29) is 5.92 Å². The van der Waals surface area contributed by atoms with E-state index in [4.69, 9.17) is 4.74 Å². The second-order valence-corrected chi connectivity index (χ2v) is 7.90. The molecule has 0 aliphatic carbocycles. The highest BCUT2D eigenvalue weighted by Gasteiger charge is 2.31. The molecule has 1 atom stereocenters. The Hall–Kier alpha value is -1.75. The maximum atomic E-state index is 13.0. The van der Waals surface area contributed by atoms with E-state index < -0.39 is 0 Å². The minimum absolute atomic E-state index is 0.213. The van der Waals surface area contributed by atoms with E-state index in [0.29, 0.717) is 18.0 Å². The monoisotopic (exact) mass is 359 g/mol. The van der Waals surface area contributed by atoms with E-state index in [1.165, 1.54) is 0 Å². The zero-order valence-electron chi connectivity index (χ0n) is 16.4. The highest BCUT2D eigenvalue weighted by atomic mass is 16.5. The van der Waals surface area contributed by atoms with Crippen molar-refractivity contribution >= 4 is 11.6 Å². The molecule has 0 spiro atoms. The van der Waals surface area contributed by atoms with Crippen LogP contribution in [0.15, 0.2) is 24.3 Å². The molecule has 5 nitrogen and oxygen atoms in total. The van der Waals surface area contributed by atoms with Gasteiger partial charge in [-0.25, -0.2) is 0 Å². The molecule has 144 valence electrons. The molecular formula is C21H33N3O2. The molecule has 2 fully saturated rings. The maximum absolute atomic E-state index is 13.0. The maximum Gasteiger partial charge on any atom is 0.225 e. The molecule has 5 heteroatoms. The van der Waals surface area contributed by atoms with Crippen LogP contribution in [0, 0.1) is 5.92 Å². The van der Waals surface area contributed by atoms with Gasteiger partial charge >= 0.3 is 0 Å². The number of amides is 1. The quantitative estimate of drug-likeness (QED) is 0.877. The van der Waals surface area contributed by atoms with Gasteiger partial charge in [0.2, 0.25) is 5.91 Å². The van der Waals surface area contributed by atoms with Crippen LogP contribution in [0.1, 0.15) is 39.5 Å². The minimum Gasteiger partial charge on any atom is -0.497 e. The molecule has 0 aromatic heterocycles. The Balaban J connectivity index is 1.52. The summed E-state index contributed by atoms with van der Waals surface area (Å²) in [4.78, 5) is 17.6. The Labute approximate surface area is 157 Å². The van der Waals surface area contributed by atoms with Crippen LogP contribution < -0.4 is 10.1 Å². The summed E-state index contributed by atoms with van der Waals surface area (Å²) in [6.07, 6.45) is 4.19. The molecule has 1 unspecified atom stereocenters. The van der Waals surface area contributed by atoms with Gasteiger partial charge in [-0.1, -0.05) is 0 Å². The van der Waals surface area contributed by atoms with Gasteiger partial charge in [0.1, 0.15) is 5.75 Å². The Kier molecular flexibility index (Phi) is 6.41. The topological polar surface area (TPSA) is 44.8 Å². The Morgan fingerprint density at radius 2 is 1.81 bits per heavy atom. The molecule has 1 aromatic rings. The lowest BCUT2D eigenvalue weighted by Crippen LogP contribution is -2.49. The first-order valence-electron chi connectivity index (χ1n) is 10.00. The van der Waals surface area contributed by atoms with Gasteiger partial charge in [0.05, 0.1) is 7.11 Å². The van der Waals surface area contributed by atoms with Crippen molar-refractivity contribution < 1.29 is 9.53 Å². The number of nitrogens with one attached hydrogen (secondary N) is 1. The largest absolute Gasteiger partial charge is 0.497 e. The Morgan fingerprint density at radius 3 is 2.42 bits per heavy atom. The molecule has 2 aliphatic rings. The fraction of sp³-hybridized carbons (Fsp3) is 0.667. The van der Waals surface area contributed by atoms with Crippen molar-refractivity contribution in [3.05, 3.63) is 24.3 Å². The lowest BCUT2D eigenvalue weighted by Gasteiger charge is -2.39. The summed E-state index contributed by atoms with van der Waals surface area (Å²) in [7, 11) is 1.68. The highest BCUT2D eigenvalue weighted by Crippen LogP contribution is 2.24. The van der Waals surface area contributed by atoms with E-state index in [2.05, 4.69) is 29.0 Å². The van der Waals surface area contributed by atoms with Crippen LogP contribution in [0.4, 0.5) is 5.69 Å². The third-order valence-corrected chi connectivity index (χ3v) is 5.80. The number of carbonyl (C=O) groups excluding carboxylic acids is 1. The second kappa shape index (κ2) is 8.76. The van der Waals surface area contributed by atoms with Gasteiger partial charge in [0.25, 0.3) is 0 Å². The zero-order valence-corrected chi connectivity index (χ0v) is 16.4. The fourth-order valence-electron chi connectivity index (χ4n) is 4.14. The smallest absolute Gasteiger partial charge is 0.225 e. The molecule has 1 N–H and O–H groups in total. The number of hydrogen-bond acceptors (Lipinski definition) is 4. The first kappa shape index (κ1) is 19.0. The first-order valence-corrected chi connectivity index (χ1v) is 10.00. The molecular weight excluding hydrogens is 326 g/mol. The van der Waals surface area contributed by atoms with E-state index >= 15 is 0 Å². The molecule has 0 radical (unpaired) electrons. The number of likely N-dealkylation sites (tertiary alicyclic amines) is 2. The highest BCUT2D eigenvalue weighted by molar-refractivity contribution is 5.79. The van der Waals surface area contributed by atoms with Crippen molar-refractivity contribution in [1.82, 2.24) is 9.80 Å². The van der Waals surface area contributed by atoms with E-state index in [1.807, 2.05) is 24.3 Å². The SMILES string of the molecule is COc1ccc(NC2CCCN(C(=O)C3CCN(C(C)C)CC3)C2)cc1.